The number of ether oxygens (including phenoxy) is 1. The summed E-state index contributed by atoms with van der Waals surface area (Å²) in [5.41, 5.74) is 11.8. The molecule has 2 aliphatic rings. The van der Waals surface area contributed by atoms with Gasteiger partial charge in [-0.15, -0.1) is 0 Å². The minimum absolute atomic E-state index is 0.0696. The molecular weight excluding hydrogens is 368 g/mol. The van der Waals surface area contributed by atoms with Gasteiger partial charge in [-0.05, 0) is 19.9 Å². The van der Waals surface area contributed by atoms with E-state index in [0.717, 1.165) is 12.8 Å². The molecule has 1 aliphatic carbocycles. The highest BCUT2D eigenvalue weighted by molar-refractivity contribution is 5.81. The van der Waals surface area contributed by atoms with Gasteiger partial charge in [-0.25, -0.2) is 19.7 Å². The molecule has 7 N–H and O–H groups in total. The SMILES string of the molecule is CN(CC1OC(n2cnc3c(N)ncnc32)C(O)C1O)C1CC(NC(N)=O)C1. The van der Waals surface area contributed by atoms with E-state index in [-0.39, 0.29) is 17.9 Å². The van der Waals surface area contributed by atoms with Crippen LogP contribution in [-0.2, 0) is 4.74 Å². The van der Waals surface area contributed by atoms with E-state index < -0.39 is 30.6 Å². The van der Waals surface area contributed by atoms with Crippen LogP contribution in [0.3, 0.4) is 0 Å². The molecule has 2 aromatic heterocycles. The summed E-state index contributed by atoms with van der Waals surface area (Å²) >= 11 is 0. The highest BCUT2D eigenvalue weighted by Crippen LogP contribution is 2.33. The molecule has 1 saturated heterocycles. The molecule has 12 nitrogen and oxygen atoms in total. The van der Waals surface area contributed by atoms with Crippen molar-refractivity contribution in [1.82, 2.24) is 29.7 Å². The summed E-state index contributed by atoms with van der Waals surface area (Å²) in [5, 5.41) is 23.7. The Morgan fingerprint density at radius 1 is 1.36 bits per heavy atom. The lowest BCUT2D eigenvalue weighted by molar-refractivity contribution is -0.0495. The van der Waals surface area contributed by atoms with Gasteiger partial charge in [-0.2, -0.15) is 0 Å². The summed E-state index contributed by atoms with van der Waals surface area (Å²) in [6, 6.07) is -0.214. The van der Waals surface area contributed by atoms with Gasteiger partial charge in [0.15, 0.2) is 17.7 Å². The first kappa shape index (κ1) is 18.8. The number of likely N-dealkylation sites (N-methyl/N-ethyl adjacent to an activating group) is 1. The first-order chi connectivity index (χ1) is 13.3. The maximum Gasteiger partial charge on any atom is 0.312 e. The number of nitrogens with one attached hydrogen (secondary N) is 1. The van der Waals surface area contributed by atoms with Gasteiger partial charge < -0.3 is 36.6 Å². The molecule has 0 spiro atoms. The molecule has 0 radical (unpaired) electrons. The lowest BCUT2D eigenvalue weighted by Crippen LogP contribution is -2.55. The maximum absolute atomic E-state index is 10.9. The fourth-order valence-corrected chi connectivity index (χ4v) is 3.87. The average molecular weight is 392 g/mol. The van der Waals surface area contributed by atoms with Crippen molar-refractivity contribution in [2.24, 2.45) is 5.73 Å². The Kier molecular flexibility index (Phi) is 4.79. The fourth-order valence-electron chi connectivity index (χ4n) is 3.87. The van der Waals surface area contributed by atoms with Crippen LogP contribution in [-0.4, -0.2) is 84.7 Å². The Bertz CT molecular complexity index is 869. The zero-order chi connectivity index (χ0) is 20.0. The Morgan fingerprint density at radius 3 is 2.82 bits per heavy atom. The number of nitrogens with zero attached hydrogens (tertiary/aromatic N) is 5. The van der Waals surface area contributed by atoms with Crippen molar-refractivity contribution >= 4 is 23.0 Å². The molecule has 4 atom stereocenters. The molecule has 0 bridgehead atoms. The zero-order valence-electron chi connectivity index (χ0n) is 15.3. The summed E-state index contributed by atoms with van der Waals surface area (Å²) in [6.45, 7) is 0.423. The van der Waals surface area contributed by atoms with E-state index in [1.54, 1.807) is 4.57 Å². The summed E-state index contributed by atoms with van der Waals surface area (Å²) in [7, 11) is 1.92. The van der Waals surface area contributed by atoms with Gasteiger partial charge in [0.2, 0.25) is 0 Å². The van der Waals surface area contributed by atoms with Gasteiger partial charge in [-0.1, -0.05) is 0 Å². The number of aliphatic hydroxyl groups is 2. The lowest BCUT2D eigenvalue weighted by atomic mass is 9.85. The molecule has 2 amide bonds. The number of aromatic nitrogens is 4. The molecule has 152 valence electrons. The highest BCUT2D eigenvalue weighted by atomic mass is 16.6. The predicted molar refractivity (Wildman–Crippen MR) is 97.8 cm³/mol. The molecule has 0 aromatic carbocycles. The highest BCUT2D eigenvalue weighted by Gasteiger charge is 2.45. The first-order valence-electron chi connectivity index (χ1n) is 9.06. The van der Waals surface area contributed by atoms with Crippen LogP contribution in [0.4, 0.5) is 10.6 Å². The molecule has 4 unspecified atom stereocenters. The number of aliphatic hydroxyl groups excluding tert-OH is 2. The van der Waals surface area contributed by atoms with Gasteiger partial charge in [-0.3, -0.25) is 4.57 Å². The van der Waals surface area contributed by atoms with Crippen molar-refractivity contribution in [2.45, 2.75) is 49.5 Å². The fraction of sp³-hybridized carbons (Fsp3) is 0.625. The number of anilines is 1. The molecule has 2 aromatic rings. The number of urea groups is 1. The summed E-state index contributed by atoms with van der Waals surface area (Å²) < 4.78 is 7.50. The van der Waals surface area contributed by atoms with Crippen molar-refractivity contribution in [2.75, 3.05) is 19.3 Å². The van der Waals surface area contributed by atoms with Gasteiger partial charge in [0.05, 0.1) is 6.33 Å². The van der Waals surface area contributed by atoms with Crippen molar-refractivity contribution < 1.29 is 19.7 Å². The van der Waals surface area contributed by atoms with Crippen molar-refractivity contribution in [3.05, 3.63) is 12.7 Å². The monoisotopic (exact) mass is 392 g/mol. The van der Waals surface area contributed by atoms with Crippen LogP contribution in [0.2, 0.25) is 0 Å². The van der Waals surface area contributed by atoms with Crippen molar-refractivity contribution in [1.29, 1.82) is 0 Å². The van der Waals surface area contributed by atoms with E-state index in [2.05, 4.69) is 20.3 Å². The Labute approximate surface area is 160 Å². The molecule has 4 rings (SSSR count). The van der Waals surface area contributed by atoms with Crippen LogP contribution >= 0.6 is 0 Å². The number of nitrogens with two attached hydrogens (primary N) is 2. The first-order valence-corrected chi connectivity index (χ1v) is 9.06. The molecule has 28 heavy (non-hydrogen) atoms. The quantitative estimate of drug-likeness (QED) is 0.391. The van der Waals surface area contributed by atoms with Crippen LogP contribution in [0, 0.1) is 0 Å². The zero-order valence-corrected chi connectivity index (χ0v) is 15.3. The van der Waals surface area contributed by atoms with Crippen LogP contribution < -0.4 is 16.8 Å². The van der Waals surface area contributed by atoms with Gasteiger partial charge in [0.1, 0.15) is 30.2 Å². The molecule has 1 saturated carbocycles. The number of amides is 2. The molecule has 12 heteroatoms. The number of carbonyl (C=O) groups excluding carboxylic acids is 1. The van der Waals surface area contributed by atoms with Gasteiger partial charge >= 0.3 is 6.03 Å². The summed E-state index contributed by atoms with van der Waals surface area (Å²) in [4.78, 5) is 25.2. The molecule has 2 fully saturated rings. The third-order valence-electron chi connectivity index (χ3n) is 5.55. The van der Waals surface area contributed by atoms with Gasteiger partial charge in [0.25, 0.3) is 0 Å². The topological polar surface area (TPSA) is 178 Å². The third-order valence-corrected chi connectivity index (χ3v) is 5.55. The van der Waals surface area contributed by atoms with E-state index in [0.29, 0.717) is 17.7 Å². The smallest absolute Gasteiger partial charge is 0.312 e. The number of nitrogen functional groups attached to an aromatic ring is 1. The second-order valence-electron chi connectivity index (χ2n) is 7.40. The Balaban J connectivity index is 1.42. The number of primary amides is 1. The van der Waals surface area contributed by atoms with Gasteiger partial charge in [0, 0.05) is 18.6 Å². The number of hydrogen-bond acceptors (Lipinski definition) is 9. The number of fused-ring (bicyclic) bond motifs is 1. The minimum Gasteiger partial charge on any atom is -0.387 e. The minimum atomic E-state index is -1.14. The number of rotatable bonds is 5. The van der Waals surface area contributed by atoms with E-state index in [9.17, 15) is 15.0 Å². The number of carbonyl (C=O) groups is 1. The van der Waals surface area contributed by atoms with Crippen LogP contribution in [0.25, 0.3) is 11.2 Å². The number of imidazole rings is 1. The normalized spacial score (nSPS) is 32.6. The van der Waals surface area contributed by atoms with E-state index in [1.165, 1.54) is 12.7 Å². The predicted octanol–water partition coefficient (Wildman–Crippen LogP) is -1.84. The van der Waals surface area contributed by atoms with E-state index in [1.807, 2.05) is 11.9 Å². The molecular formula is C16H24N8O4. The van der Waals surface area contributed by atoms with Crippen LogP contribution in [0.1, 0.15) is 19.1 Å². The number of hydrogen-bond donors (Lipinski definition) is 5. The Hall–Kier alpha value is -2.54. The summed E-state index contributed by atoms with van der Waals surface area (Å²) in [6.07, 6.45) is 0.692. The molecule has 1 aliphatic heterocycles. The van der Waals surface area contributed by atoms with Crippen molar-refractivity contribution in [3.8, 4) is 0 Å². The average Bonchev–Trinajstić information content (AvgIpc) is 3.15. The van der Waals surface area contributed by atoms with Crippen LogP contribution in [0.15, 0.2) is 12.7 Å². The van der Waals surface area contributed by atoms with E-state index >= 15 is 0 Å². The maximum atomic E-state index is 10.9. The van der Waals surface area contributed by atoms with Crippen molar-refractivity contribution in [3.63, 3.8) is 0 Å². The largest absolute Gasteiger partial charge is 0.387 e. The van der Waals surface area contributed by atoms with E-state index in [4.69, 9.17) is 16.2 Å². The summed E-state index contributed by atoms with van der Waals surface area (Å²) in [5.74, 6) is 0.233. The standard InChI is InChI=1S/C16H24N8O4/c1-23(8-2-7(3-8)22-16(18)27)4-9-11(25)12(26)15(28-9)24-6-21-10-13(17)19-5-20-14(10)24/h5-9,11-12,15,25-26H,2-4H2,1H3,(H2,17,19,20)(H3,18,22,27). The second kappa shape index (κ2) is 7.13. The molecule has 3 heterocycles. The third kappa shape index (κ3) is 3.24. The lowest BCUT2D eigenvalue weighted by Gasteiger charge is -2.42. The second-order valence-corrected chi connectivity index (χ2v) is 7.40. The Morgan fingerprint density at radius 2 is 2.11 bits per heavy atom. The van der Waals surface area contributed by atoms with Crippen LogP contribution in [0.5, 0.6) is 0 Å².